The van der Waals surface area contributed by atoms with E-state index in [1.807, 2.05) is 30.9 Å². The van der Waals surface area contributed by atoms with Crippen LogP contribution >= 0.6 is 24.0 Å². The summed E-state index contributed by atoms with van der Waals surface area (Å²) < 4.78 is 10.9. The van der Waals surface area contributed by atoms with Crippen LogP contribution in [0.15, 0.2) is 27.8 Å². The topological polar surface area (TPSA) is 79.1 Å². The van der Waals surface area contributed by atoms with E-state index in [2.05, 4.69) is 10.6 Å². The Balaban J connectivity index is 0.00000300. The van der Waals surface area contributed by atoms with Gasteiger partial charge in [0.05, 0.1) is 12.9 Å². The molecule has 164 valence electrons. The predicted octanol–water partition coefficient (Wildman–Crippen LogP) is 2.66. The first-order valence-electron chi connectivity index (χ1n) is 10.6. The molecule has 8 heteroatoms. The smallest absolute Gasteiger partial charge is 0.225 e. The van der Waals surface area contributed by atoms with Crippen molar-refractivity contribution in [2.75, 3.05) is 39.4 Å². The summed E-state index contributed by atoms with van der Waals surface area (Å²) in [5, 5.41) is 7.02. The Hall–Kier alpha value is -1.29. The summed E-state index contributed by atoms with van der Waals surface area (Å²) in [5.74, 6) is 2.65. The largest absolute Gasteiger partial charge is 0.469 e. The average molecular weight is 518 g/mol. The molecule has 0 bridgehead atoms. The fourth-order valence-electron chi connectivity index (χ4n) is 3.66. The second-order valence-electron chi connectivity index (χ2n) is 8.07. The molecule has 3 heterocycles. The number of halogens is 1. The van der Waals surface area contributed by atoms with Crippen molar-refractivity contribution >= 4 is 35.8 Å². The van der Waals surface area contributed by atoms with Crippen molar-refractivity contribution in [3.63, 3.8) is 0 Å². The number of aliphatic imine (C=N–C) groups is 1. The minimum absolute atomic E-state index is 0. The van der Waals surface area contributed by atoms with Gasteiger partial charge in [0.1, 0.15) is 5.76 Å². The molecule has 2 aliphatic heterocycles. The second kappa shape index (κ2) is 12.4. The van der Waals surface area contributed by atoms with Gasteiger partial charge in [-0.1, -0.05) is 13.8 Å². The second-order valence-corrected chi connectivity index (χ2v) is 8.07. The Labute approximate surface area is 191 Å². The first-order valence-corrected chi connectivity index (χ1v) is 10.6. The zero-order chi connectivity index (χ0) is 19.8. The molecule has 29 heavy (non-hydrogen) atoms. The molecule has 3 rings (SSSR count). The number of nitrogens with one attached hydrogen (secondary N) is 2. The van der Waals surface area contributed by atoms with Crippen LogP contribution in [0.5, 0.6) is 0 Å². The molecule has 2 N–H and O–H groups in total. The van der Waals surface area contributed by atoms with E-state index >= 15 is 0 Å². The minimum Gasteiger partial charge on any atom is -0.469 e. The number of amides is 1. The molecule has 0 saturated carbocycles. The highest BCUT2D eigenvalue weighted by molar-refractivity contribution is 14.0. The van der Waals surface area contributed by atoms with Gasteiger partial charge in [0, 0.05) is 57.1 Å². The lowest BCUT2D eigenvalue weighted by Gasteiger charge is -2.34. The van der Waals surface area contributed by atoms with Crippen LogP contribution in [0, 0.1) is 11.8 Å². The summed E-state index contributed by atoms with van der Waals surface area (Å²) >= 11 is 0. The summed E-state index contributed by atoms with van der Waals surface area (Å²) in [6.07, 6.45) is 5.50. The number of nitrogens with zero attached hydrogens (tertiary/aromatic N) is 2. The van der Waals surface area contributed by atoms with E-state index in [9.17, 15) is 4.79 Å². The van der Waals surface area contributed by atoms with Crippen molar-refractivity contribution in [1.82, 2.24) is 15.5 Å². The average Bonchev–Trinajstić information content (AvgIpc) is 3.40. The molecule has 0 aromatic carbocycles. The molecule has 0 radical (unpaired) electrons. The predicted molar refractivity (Wildman–Crippen MR) is 125 cm³/mol. The molecule has 1 amide bonds. The third-order valence-electron chi connectivity index (χ3n) is 5.42. The highest BCUT2D eigenvalue weighted by Crippen LogP contribution is 2.14. The van der Waals surface area contributed by atoms with Gasteiger partial charge < -0.3 is 24.7 Å². The van der Waals surface area contributed by atoms with Crippen LogP contribution in [0.4, 0.5) is 0 Å². The lowest BCUT2D eigenvalue weighted by molar-refractivity contribution is -0.135. The van der Waals surface area contributed by atoms with Gasteiger partial charge in [-0.3, -0.25) is 9.79 Å². The fourth-order valence-corrected chi connectivity index (χ4v) is 3.66. The standard InChI is InChI=1S/C21H34N4O3.HI/c1-16(2)20(26)25-10-6-18(7-11-25)24-21(23-14-17-8-13-27-15-17)22-9-5-19-4-3-12-28-19;/h3-4,12,16-18H,5-11,13-15H2,1-2H3,(H2,22,23,24);1H. The summed E-state index contributed by atoms with van der Waals surface area (Å²) in [6, 6.07) is 4.24. The lowest BCUT2D eigenvalue weighted by Crippen LogP contribution is -2.50. The number of guanidine groups is 1. The number of hydrogen-bond acceptors (Lipinski definition) is 4. The summed E-state index contributed by atoms with van der Waals surface area (Å²) in [5.41, 5.74) is 0. The van der Waals surface area contributed by atoms with Crippen LogP contribution in [0.2, 0.25) is 0 Å². The van der Waals surface area contributed by atoms with Gasteiger partial charge in [-0.05, 0) is 31.4 Å². The number of piperidine rings is 1. The molecule has 2 aliphatic rings. The molecule has 1 aromatic rings. The van der Waals surface area contributed by atoms with Crippen molar-refractivity contribution < 1.29 is 13.9 Å². The monoisotopic (exact) mass is 518 g/mol. The number of hydrogen-bond donors (Lipinski definition) is 2. The Kier molecular flexibility index (Phi) is 10.3. The number of carbonyl (C=O) groups is 1. The highest BCUT2D eigenvalue weighted by atomic mass is 127. The molecule has 1 unspecified atom stereocenters. The Morgan fingerprint density at radius 1 is 1.31 bits per heavy atom. The normalized spacial score (nSPS) is 20.6. The number of likely N-dealkylation sites (tertiary alicyclic amines) is 1. The van der Waals surface area contributed by atoms with Gasteiger partial charge in [0.2, 0.25) is 5.91 Å². The first-order chi connectivity index (χ1) is 13.6. The maximum absolute atomic E-state index is 12.2. The van der Waals surface area contributed by atoms with Crippen molar-refractivity contribution in [3.05, 3.63) is 24.2 Å². The third kappa shape index (κ3) is 7.81. The van der Waals surface area contributed by atoms with E-state index in [1.165, 1.54) is 0 Å². The van der Waals surface area contributed by atoms with Gasteiger partial charge in [-0.15, -0.1) is 24.0 Å². The van der Waals surface area contributed by atoms with Crippen molar-refractivity contribution in [2.45, 2.75) is 45.6 Å². The van der Waals surface area contributed by atoms with Gasteiger partial charge in [0.15, 0.2) is 5.96 Å². The molecule has 1 aromatic heterocycles. The van der Waals surface area contributed by atoms with Crippen LogP contribution < -0.4 is 10.6 Å². The van der Waals surface area contributed by atoms with Gasteiger partial charge in [-0.2, -0.15) is 0 Å². The van der Waals surface area contributed by atoms with Crippen LogP contribution in [0.1, 0.15) is 38.9 Å². The molecule has 2 fully saturated rings. The number of rotatable bonds is 7. The van der Waals surface area contributed by atoms with Gasteiger partial charge in [-0.25, -0.2) is 0 Å². The van der Waals surface area contributed by atoms with E-state index in [-0.39, 0.29) is 35.8 Å². The third-order valence-corrected chi connectivity index (χ3v) is 5.42. The van der Waals surface area contributed by atoms with E-state index in [1.54, 1.807) is 6.26 Å². The quantitative estimate of drug-likeness (QED) is 0.330. The Bertz CT molecular complexity index is 622. The summed E-state index contributed by atoms with van der Waals surface area (Å²) in [6.45, 7) is 8.75. The van der Waals surface area contributed by atoms with E-state index in [4.69, 9.17) is 14.1 Å². The van der Waals surface area contributed by atoms with E-state index < -0.39 is 0 Å². The maximum Gasteiger partial charge on any atom is 0.225 e. The molecule has 0 aliphatic carbocycles. The zero-order valence-corrected chi connectivity index (χ0v) is 19.9. The van der Waals surface area contributed by atoms with E-state index in [0.717, 1.165) is 76.8 Å². The van der Waals surface area contributed by atoms with Crippen molar-refractivity contribution in [1.29, 1.82) is 0 Å². The summed E-state index contributed by atoms with van der Waals surface area (Å²) in [7, 11) is 0. The zero-order valence-electron chi connectivity index (χ0n) is 17.6. The minimum atomic E-state index is 0. The first kappa shape index (κ1) is 24.0. The van der Waals surface area contributed by atoms with Crippen LogP contribution in [-0.4, -0.2) is 62.2 Å². The maximum atomic E-state index is 12.2. The SMILES string of the molecule is CC(C)C(=O)N1CCC(NC(=NCC2CCOC2)NCCc2ccco2)CC1.I. The number of ether oxygens (including phenoxy) is 1. The molecule has 7 nitrogen and oxygen atoms in total. The molecule has 0 spiro atoms. The van der Waals surface area contributed by atoms with Gasteiger partial charge >= 0.3 is 0 Å². The molecule has 1 atom stereocenters. The van der Waals surface area contributed by atoms with Crippen LogP contribution in [0.3, 0.4) is 0 Å². The number of carbonyl (C=O) groups excluding carboxylic acids is 1. The molecular weight excluding hydrogens is 483 g/mol. The van der Waals surface area contributed by atoms with Crippen LogP contribution in [-0.2, 0) is 16.0 Å². The fraction of sp³-hybridized carbons (Fsp3) is 0.714. The lowest BCUT2D eigenvalue weighted by atomic mass is 10.0. The Morgan fingerprint density at radius 3 is 2.72 bits per heavy atom. The van der Waals surface area contributed by atoms with Crippen molar-refractivity contribution in [2.24, 2.45) is 16.8 Å². The van der Waals surface area contributed by atoms with Crippen LogP contribution in [0.25, 0.3) is 0 Å². The molecule has 2 saturated heterocycles. The number of furan rings is 1. The van der Waals surface area contributed by atoms with Gasteiger partial charge in [0.25, 0.3) is 0 Å². The molecular formula is C21H35IN4O3. The van der Waals surface area contributed by atoms with E-state index in [0.29, 0.717) is 12.0 Å². The summed E-state index contributed by atoms with van der Waals surface area (Å²) in [4.78, 5) is 19.0. The van der Waals surface area contributed by atoms with Crippen molar-refractivity contribution in [3.8, 4) is 0 Å². The highest BCUT2D eigenvalue weighted by Gasteiger charge is 2.25. The Morgan fingerprint density at radius 2 is 2.10 bits per heavy atom.